The molecule has 13 amide bonds. The van der Waals surface area contributed by atoms with Crippen molar-refractivity contribution < 1.29 is 67.0 Å². The second-order valence-electron chi connectivity index (χ2n) is 18.6. The van der Waals surface area contributed by atoms with E-state index in [4.69, 9.17) is 107 Å². The Morgan fingerprint density at radius 3 is 1.20 bits per heavy atom. The molecule has 0 radical (unpaired) electrons. The van der Waals surface area contributed by atoms with Crippen molar-refractivity contribution in [3.63, 3.8) is 0 Å². The summed E-state index contributed by atoms with van der Waals surface area (Å²) >= 11 is 46.8. The van der Waals surface area contributed by atoms with Crippen molar-refractivity contribution in [1.29, 1.82) is 0 Å². The second-order valence-corrected chi connectivity index (χ2v) is 22.1. The van der Waals surface area contributed by atoms with Gasteiger partial charge in [-0.15, -0.1) is 0 Å². The average molecular weight is 1270 g/mol. The number of esters is 1. The number of urea groups is 3. The standard InChI is InChI=1S/C14H14Cl2N2O3.C13H13Cl2N3O3.C13H11Cl2NO5.C11H9Cl2NO3/c1-8(2)3-12(19)17-7-13(20)18(14(17)21)11-5-9(15)4-10(16)6-11;1-7(2)16-12(20)17-6-11(19)18(13(17)21)10-4-8(14)3-9(15)5-10;1-3-20-11(18)13(2)10(17)16(12(19)21-13)9-5-7(14)4-8(15)6-9;1-11(2)9(15)14(10(16)17-11)8-4-6(12)3-7(13)5-8/h4-6,8H,3,7H2,1-2H3;3-5,7H,6H2,1-2H3,(H,16,20);4-6H,3H2,1-2H3;3-5H,1-2H3. The van der Waals surface area contributed by atoms with Crippen LogP contribution in [0.4, 0.5) is 46.7 Å². The first-order chi connectivity index (χ1) is 37.2. The van der Waals surface area contributed by atoms with E-state index in [0.29, 0.717) is 40.7 Å². The monoisotopic (exact) mass is 1260 g/mol. The van der Waals surface area contributed by atoms with Gasteiger partial charge in [-0.2, -0.15) is 0 Å². The van der Waals surface area contributed by atoms with Gasteiger partial charge in [0.15, 0.2) is 5.60 Å². The van der Waals surface area contributed by atoms with E-state index in [2.05, 4.69) is 5.32 Å². The molecular weight excluding hydrogens is 1220 g/mol. The van der Waals surface area contributed by atoms with E-state index in [-0.39, 0.29) is 71.1 Å². The highest BCUT2D eigenvalue weighted by Crippen LogP contribution is 2.36. The van der Waals surface area contributed by atoms with E-state index in [0.717, 1.165) is 24.5 Å². The predicted octanol–water partition coefficient (Wildman–Crippen LogP) is 12.3. The number of rotatable bonds is 9. The maximum atomic E-state index is 12.4. The number of benzene rings is 4. The summed E-state index contributed by atoms with van der Waals surface area (Å²) in [6.07, 6.45) is -1.50. The molecule has 4 aromatic carbocycles. The van der Waals surface area contributed by atoms with Gasteiger partial charge in [0.25, 0.3) is 29.2 Å². The quantitative estimate of drug-likeness (QED) is 0.0709. The highest BCUT2D eigenvalue weighted by atomic mass is 35.5. The fourth-order valence-corrected chi connectivity index (χ4v) is 9.44. The van der Waals surface area contributed by atoms with Crippen molar-refractivity contribution >= 4 is 181 Å². The van der Waals surface area contributed by atoms with E-state index < -0.39 is 71.1 Å². The Morgan fingerprint density at radius 2 is 0.863 bits per heavy atom. The number of carbonyl (C=O) groups excluding carboxylic acids is 11. The van der Waals surface area contributed by atoms with E-state index in [1.165, 1.54) is 93.6 Å². The van der Waals surface area contributed by atoms with Crippen LogP contribution in [-0.4, -0.2) is 113 Å². The highest BCUT2D eigenvalue weighted by Gasteiger charge is 2.58. The van der Waals surface area contributed by atoms with Crippen LogP contribution in [0.15, 0.2) is 72.8 Å². The van der Waals surface area contributed by atoms with Gasteiger partial charge in [0.2, 0.25) is 5.91 Å². The molecule has 21 nitrogen and oxygen atoms in total. The molecule has 0 spiro atoms. The molecular formula is C51H47Cl8N7O14. The smallest absolute Gasteiger partial charge is 0.423 e. The number of imide groups is 6. The highest BCUT2D eigenvalue weighted by molar-refractivity contribution is 6.38. The van der Waals surface area contributed by atoms with Crippen molar-refractivity contribution in [2.45, 2.75) is 79.1 Å². The maximum absolute atomic E-state index is 12.4. The third-order valence-corrected chi connectivity index (χ3v) is 12.6. The van der Waals surface area contributed by atoms with Gasteiger partial charge in [-0.05, 0) is 120 Å². The lowest BCUT2D eigenvalue weighted by Gasteiger charge is -2.18. The Morgan fingerprint density at radius 1 is 0.525 bits per heavy atom. The fraction of sp³-hybridized carbons (Fsp3) is 0.314. The van der Waals surface area contributed by atoms with Crippen LogP contribution in [-0.2, 0) is 43.0 Å². The largest absolute Gasteiger partial charge is 0.463 e. The lowest BCUT2D eigenvalue weighted by molar-refractivity contribution is -0.164. The van der Waals surface area contributed by atoms with Crippen molar-refractivity contribution in [3.05, 3.63) is 113 Å². The molecule has 4 fully saturated rings. The molecule has 1 N–H and O–H groups in total. The van der Waals surface area contributed by atoms with Crippen LogP contribution in [0, 0.1) is 5.92 Å². The Kier molecular flexibility index (Phi) is 21.3. The van der Waals surface area contributed by atoms with Gasteiger partial charge in [-0.25, -0.2) is 53.3 Å². The maximum Gasteiger partial charge on any atom is 0.423 e. The molecule has 8 rings (SSSR count). The summed E-state index contributed by atoms with van der Waals surface area (Å²) in [6, 6.07) is 15.3. The summed E-state index contributed by atoms with van der Waals surface area (Å²) in [5.41, 5.74) is -2.24. The molecule has 29 heteroatoms. The number of halogens is 8. The van der Waals surface area contributed by atoms with Crippen LogP contribution in [0.25, 0.3) is 0 Å². The number of nitrogens with zero attached hydrogens (tertiary/aromatic N) is 6. The molecule has 1 unspecified atom stereocenters. The number of ether oxygens (including phenoxy) is 3. The minimum absolute atomic E-state index is 0.0578. The molecule has 4 saturated heterocycles. The number of amides is 13. The first-order valence-electron chi connectivity index (χ1n) is 23.5. The van der Waals surface area contributed by atoms with E-state index in [9.17, 15) is 52.7 Å². The number of carbonyl (C=O) groups is 11. The zero-order valence-corrected chi connectivity index (χ0v) is 49.4. The molecule has 0 aromatic heterocycles. The predicted molar refractivity (Wildman–Crippen MR) is 300 cm³/mol. The SMILES string of the molecule is CC(C)CC(=O)N1CC(=O)N(c2cc(Cl)cc(Cl)c2)C1=O.CC(C)NC(=O)N1CC(=O)N(c2cc(Cl)cc(Cl)c2)C1=O.CC1(C)OC(=O)N(c2cc(Cl)cc(Cl)c2)C1=O.CCOC(=O)C1(C)OC(=O)N(c2cc(Cl)cc(Cl)c2)C1=O. The van der Waals surface area contributed by atoms with E-state index in [1.807, 2.05) is 13.8 Å². The van der Waals surface area contributed by atoms with Gasteiger partial charge in [0.1, 0.15) is 13.1 Å². The lowest BCUT2D eigenvalue weighted by Crippen LogP contribution is -2.46. The van der Waals surface area contributed by atoms with Crippen LogP contribution in [0.1, 0.15) is 61.8 Å². The summed E-state index contributed by atoms with van der Waals surface area (Å²) in [7, 11) is 0. The molecule has 4 aromatic rings. The third kappa shape index (κ3) is 15.3. The summed E-state index contributed by atoms with van der Waals surface area (Å²) in [5, 5.41) is 4.94. The van der Waals surface area contributed by atoms with Crippen molar-refractivity contribution in [3.8, 4) is 0 Å². The number of hydrogen-bond acceptors (Lipinski definition) is 14. The van der Waals surface area contributed by atoms with Gasteiger partial charge < -0.3 is 19.5 Å². The van der Waals surface area contributed by atoms with Crippen molar-refractivity contribution in [2.24, 2.45) is 5.92 Å². The van der Waals surface area contributed by atoms with Crippen LogP contribution in [0.2, 0.25) is 40.2 Å². The summed E-state index contributed by atoms with van der Waals surface area (Å²) in [5.74, 6) is -3.48. The molecule has 0 bridgehead atoms. The topological polar surface area (TPSA) is 247 Å². The summed E-state index contributed by atoms with van der Waals surface area (Å²) in [4.78, 5) is 137. The number of cyclic esters (lactones) is 2. The number of nitrogens with one attached hydrogen (secondary N) is 1. The van der Waals surface area contributed by atoms with Gasteiger partial charge in [-0.3, -0.25) is 28.9 Å². The number of hydrogen-bond donors (Lipinski definition) is 1. The van der Waals surface area contributed by atoms with Gasteiger partial charge in [0, 0.05) is 52.6 Å². The zero-order valence-electron chi connectivity index (χ0n) is 43.3. The molecule has 80 heavy (non-hydrogen) atoms. The average Bonchev–Trinajstić information content (AvgIpc) is 3.98. The third-order valence-electron chi connectivity index (χ3n) is 10.9. The van der Waals surface area contributed by atoms with E-state index >= 15 is 0 Å². The Balaban J connectivity index is 0.000000197. The minimum Gasteiger partial charge on any atom is -0.463 e. The molecule has 0 saturated carbocycles. The van der Waals surface area contributed by atoms with Crippen LogP contribution in [0.5, 0.6) is 0 Å². The van der Waals surface area contributed by atoms with Crippen LogP contribution >= 0.6 is 92.8 Å². The molecule has 4 aliphatic rings. The molecule has 4 heterocycles. The summed E-state index contributed by atoms with van der Waals surface area (Å²) in [6.45, 7) is 12.6. The zero-order chi connectivity index (χ0) is 60.0. The molecule has 0 aliphatic carbocycles. The van der Waals surface area contributed by atoms with Crippen molar-refractivity contribution in [1.82, 2.24) is 15.1 Å². The molecule has 426 valence electrons. The lowest BCUT2D eigenvalue weighted by atomic mass is 10.1. The first kappa shape index (κ1) is 64.4. The van der Waals surface area contributed by atoms with Gasteiger partial charge in [-0.1, -0.05) is 107 Å². The van der Waals surface area contributed by atoms with Crippen LogP contribution in [0.3, 0.4) is 0 Å². The summed E-state index contributed by atoms with van der Waals surface area (Å²) < 4.78 is 14.6. The molecule has 4 aliphatic heterocycles. The molecule has 1 atom stereocenters. The Bertz CT molecular complexity index is 3030. The minimum atomic E-state index is -2.01. The van der Waals surface area contributed by atoms with Gasteiger partial charge in [0.05, 0.1) is 29.4 Å². The van der Waals surface area contributed by atoms with Crippen LogP contribution < -0.4 is 24.9 Å². The fourth-order valence-electron chi connectivity index (χ4n) is 7.39. The Labute approximate surface area is 497 Å². The van der Waals surface area contributed by atoms with Gasteiger partial charge >= 0.3 is 36.2 Å². The first-order valence-corrected chi connectivity index (χ1v) is 26.5. The normalized spacial score (nSPS) is 17.5. The second kappa shape index (κ2) is 26.4. The Hall–Kier alpha value is -6.43. The van der Waals surface area contributed by atoms with E-state index in [1.54, 1.807) is 20.8 Å². The number of anilines is 4. The van der Waals surface area contributed by atoms with Crippen molar-refractivity contribution in [2.75, 3.05) is 39.3 Å².